The van der Waals surface area contributed by atoms with Crippen LogP contribution >= 0.6 is 12.2 Å². The molecule has 0 amide bonds. The van der Waals surface area contributed by atoms with Crippen molar-refractivity contribution in [3.63, 3.8) is 0 Å². The highest BCUT2D eigenvalue weighted by atomic mass is 32.1. The first kappa shape index (κ1) is 15.8. The summed E-state index contributed by atoms with van der Waals surface area (Å²) in [7, 11) is 0. The van der Waals surface area contributed by atoms with Gasteiger partial charge in [0.25, 0.3) is 0 Å². The molecule has 1 unspecified atom stereocenters. The Balaban J connectivity index is 2.46. The van der Waals surface area contributed by atoms with E-state index in [0.29, 0.717) is 11.0 Å². The van der Waals surface area contributed by atoms with E-state index in [1.165, 1.54) is 12.1 Å². The maximum Gasteiger partial charge on any atom is 0.171 e. The summed E-state index contributed by atoms with van der Waals surface area (Å²) in [5.74, 6) is -0.619. The van der Waals surface area contributed by atoms with Gasteiger partial charge in [-0.3, -0.25) is 0 Å². The molecule has 0 radical (unpaired) electrons. The minimum atomic E-state index is -0.654. The molecule has 0 spiro atoms. The molecule has 1 rings (SSSR count). The van der Waals surface area contributed by atoms with Gasteiger partial charge in [0.2, 0.25) is 0 Å². The molecule has 0 aliphatic carbocycles. The molecule has 0 fully saturated rings. The van der Waals surface area contributed by atoms with Crippen molar-refractivity contribution in [3.8, 4) is 0 Å². The van der Waals surface area contributed by atoms with Crippen LogP contribution in [0.5, 0.6) is 0 Å². The molecule has 1 aromatic rings. The Labute approximate surface area is 118 Å². The highest BCUT2D eigenvalue weighted by Crippen LogP contribution is 2.15. The zero-order valence-corrected chi connectivity index (χ0v) is 12.3. The van der Waals surface area contributed by atoms with E-state index in [1.54, 1.807) is 0 Å². The fourth-order valence-electron chi connectivity index (χ4n) is 1.63. The SMILES string of the molecule is CC(C)CCC(C)NC(=S)Nc1ccc(F)cc1F. The lowest BCUT2D eigenvalue weighted by atomic mass is 10.0. The molecule has 2 N–H and O–H groups in total. The molecule has 0 heterocycles. The molecule has 0 bridgehead atoms. The van der Waals surface area contributed by atoms with E-state index in [-0.39, 0.29) is 11.7 Å². The maximum atomic E-state index is 13.4. The summed E-state index contributed by atoms with van der Waals surface area (Å²) >= 11 is 5.10. The van der Waals surface area contributed by atoms with Crippen molar-refractivity contribution < 1.29 is 8.78 Å². The van der Waals surface area contributed by atoms with Gasteiger partial charge >= 0.3 is 0 Å². The van der Waals surface area contributed by atoms with Crippen LogP contribution in [-0.2, 0) is 0 Å². The number of anilines is 1. The summed E-state index contributed by atoms with van der Waals surface area (Å²) in [5, 5.41) is 6.17. The highest BCUT2D eigenvalue weighted by Gasteiger charge is 2.08. The predicted molar refractivity (Wildman–Crippen MR) is 79.2 cm³/mol. The van der Waals surface area contributed by atoms with Gasteiger partial charge in [-0.2, -0.15) is 0 Å². The molecular formula is C14H20F2N2S. The van der Waals surface area contributed by atoms with E-state index in [0.717, 1.165) is 18.9 Å². The van der Waals surface area contributed by atoms with Gasteiger partial charge in [-0.25, -0.2) is 8.78 Å². The van der Waals surface area contributed by atoms with Crippen molar-refractivity contribution >= 4 is 23.0 Å². The Morgan fingerprint density at radius 2 is 1.89 bits per heavy atom. The van der Waals surface area contributed by atoms with Crippen LogP contribution in [0.4, 0.5) is 14.5 Å². The first-order valence-electron chi connectivity index (χ1n) is 6.41. The molecule has 106 valence electrons. The third kappa shape index (κ3) is 5.96. The first-order valence-corrected chi connectivity index (χ1v) is 6.82. The van der Waals surface area contributed by atoms with Gasteiger partial charge in [0.1, 0.15) is 11.6 Å². The van der Waals surface area contributed by atoms with Crippen LogP contribution in [0.15, 0.2) is 18.2 Å². The summed E-state index contributed by atoms with van der Waals surface area (Å²) < 4.78 is 26.2. The maximum absolute atomic E-state index is 13.4. The number of rotatable bonds is 5. The van der Waals surface area contributed by atoms with E-state index in [1.807, 2.05) is 6.92 Å². The lowest BCUT2D eigenvalue weighted by Gasteiger charge is -2.18. The van der Waals surface area contributed by atoms with Gasteiger partial charge in [-0.15, -0.1) is 0 Å². The lowest BCUT2D eigenvalue weighted by molar-refractivity contribution is 0.494. The average molecular weight is 286 g/mol. The Kier molecular flexibility index (Phi) is 6.15. The number of hydrogen-bond acceptors (Lipinski definition) is 1. The molecule has 0 aromatic heterocycles. The monoisotopic (exact) mass is 286 g/mol. The van der Waals surface area contributed by atoms with Crippen LogP contribution in [0.2, 0.25) is 0 Å². The molecular weight excluding hydrogens is 266 g/mol. The number of benzene rings is 1. The number of nitrogens with one attached hydrogen (secondary N) is 2. The Hall–Kier alpha value is -1.23. The topological polar surface area (TPSA) is 24.1 Å². The minimum absolute atomic E-state index is 0.176. The van der Waals surface area contributed by atoms with Gasteiger partial charge in [0, 0.05) is 12.1 Å². The van der Waals surface area contributed by atoms with E-state index in [9.17, 15) is 8.78 Å². The molecule has 0 saturated carbocycles. The van der Waals surface area contributed by atoms with Crippen LogP contribution in [0, 0.1) is 17.6 Å². The summed E-state index contributed by atoms with van der Waals surface area (Å²) in [6.07, 6.45) is 2.09. The first-order chi connectivity index (χ1) is 8.88. The van der Waals surface area contributed by atoms with Crippen molar-refractivity contribution in [1.29, 1.82) is 0 Å². The van der Waals surface area contributed by atoms with Crippen LogP contribution < -0.4 is 10.6 Å². The second-order valence-electron chi connectivity index (χ2n) is 5.09. The van der Waals surface area contributed by atoms with Gasteiger partial charge < -0.3 is 10.6 Å². The zero-order chi connectivity index (χ0) is 14.4. The number of hydrogen-bond donors (Lipinski definition) is 2. The molecule has 5 heteroatoms. The van der Waals surface area contributed by atoms with Gasteiger partial charge in [0.05, 0.1) is 5.69 Å². The Morgan fingerprint density at radius 1 is 1.21 bits per heavy atom. The van der Waals surface area contributed by atoms with E-state index < -0.39 is 11.6 Å². The second-order valence-corrected chi connectivity index (χ2v) is 5.50. The molecule has 2 nitrogen and oxygen atoms in total. The molecule has 0 saturated heterocycles. The van der Waals surface area contributed by atoms with Crippen LogP contribution in [0.1, 0.15) is 33.6 Å². The van der Waals surface area contributed by atoms with Crippen molar-refractivity contribution in [2.24, 2.45) is 5.92 Å². The van der Waals surface area contributed by atoms with Crippen molar-refractivity contribution in [3.05, 3.63) is 29.8 Å². The fraction of sp³-hybridized carbons (Fsp3) is 0.500. The molecule has 0 aliphatic heterocycles. The van der Waals surface area contributed by atoms with Crippen molar-refractivity contribution in [2.45, 2.75) is 39.7 Å². The largest absolute Gasteiger partial charge is 0.360 e. The van der Waals surface area contributed by atoms with Gasteiger partial charge in [-0.1, -0.05) is 13.8 Å². The van der Waals surface area contributed by atoms with Crippen molar-refractivity contribution in [2.75, 3.05) is 5.32 Å². The summed E-state index contributed by atoms with van der Waals surface area (Å²) in [4.78, 5) is 0. The number of thiocarbonyl (C=S) groups is 1. The second kappa shape index (κ2) is 7.38. The normalized spacial score (nSPS) is 12.3. The average Bonchev–Trinajstić information content (AvgIpc) is 2.30. The van der Waals surface area contributed by atoms with Crippen LogP contribution in [-0.4, -0.2) is 11.2 Å². The van der Waals surface area contributed by atoms with Crippen LogP contribution in [0.3, 0.4) is 0 Å². The molecule has 0 aliphatic rings. The van der Waals surface area contributed by atoms with E-state index >= 15 is 0 Å². The molecule has 1 aromatic carbocycles. The van der Waals surface area contributed by atoms with Gasteiger partial charge in [-0.05, 0) is 50.0 Å². The quantitative estimate of drug-likeness (QED) is 0.798. The lowest BCUT2D eigenvalue weighted by Crippen LogP contribution is -2.36. The number of halogens is 2. The van der Waals surface area contributed by atoms with E-state index in [4.69, 9.17) is 12.2 Å². The summed E-state index contributed by atoms with van der Waals surface area (Å²) in [6.45, 7) is 6.35. The summed E-state index contributed by atoms with van der Waals surface area (Å²) in [6, 6.07) is 3.56. The minimum Gasteiger partial charge on any atom is -0.360 e. The third-order valence-corrected chi connectivity index (χ3v) is 2.95. The Morgan fingerprint density at radius 3 is 2.47 bits per heavy atom. The highest BCUT2D eigenvalue weighted by molar-refractivity contribution is 7.80. The Bertz CT molecular complexity index is 435. The van der Waals surface area contributed by atoms with Gasteiger partial charge in [0.15, 0.2) is 5.11 Å². The molecule has 1 atom stereocenters. The standard InChI is InChI=1S/C14H20F2N2S/c1-9(2)4-5-10(3)17-14(19)18-13-7-6-11(15)8-12(13)16/h6-10H,4-5H2,1-3H3,(H2,17,18,19). The third-order valence-electron chi connectivity index (χ3n) is 2.73. The summed E-state index contributed by atoms with van der Waals surface area (Å²) in [5.41, 5.74) is 0.176. The van der Waals surface area contributed by atoms with Crippen molar-refractivity contribution in [1.82, 2.24) is 5.32 Å². The fourth-order valence-corrected chi connectivity index (χ4v) is 1.94. The molecule has 19 heavy (non-hydrogen) atoms. The predicted octanol–water partition coefficient (Wildman–Crippen LogP) is 4.08. The van der Waals surface area contributed by atoms with E-state index in [2.05, 4.69) is 24.5 Å². The zero-order valence-electron chi connectivity index (χ0n) is 11.5. The van der Waals surface area contributed by atoms with Crippen LogP contribution in [0.25, 0.3) is 0 Å². The smallest absolute Gasteiger partial charge is 0.171 e.